The Balaban J connectivity index is 1.86. The first-order chi connectivity index (χ1) is 10.4. The van der Waals surface area contributed by atoms with Crippen LogP contribution in [0.4, 0.5) is 4.39 Å². The van der Waals surface area contributed by atoms with Crippen molar-refractivity contribution < 1.29 is 19.1 Å². The molecule has 5 nitrogen and oxygen atoms in total. The number of halogens is 1. The number of benzene rings is 1. The zero-order chi connectivity index (χ0) is 16.3. The van der Waals surface area contributed by atoms with Gasteiger partial charge in [-0.15, -0.1) is 0 Å². The Kier molecular flexibility index (Phi) is 5.13. The minimum atomic E-state index is -0.843. The van der Waals surface area contributed by atoms with E-state index in [1.807, 2.05) is 11.8 Å². The second kappa shape index (κ2) is 6.87. The van der Waals surface area contributed by atoms with E-state index >= 15 is 0 Å². The summed E-state index contributed by atoms with van der Waals surface area (Å²) >= 11 is 0. The molecule has 120 valence electrons. The molecule has 0 aromatic heterocycles. The van der Waals surface area contributed by atoms with Gasteiger partial charge in [0.15, 0.2) is 0 Å². The predicted molar refractivity (Wildman–Crippen MR) is 80.3 cm³/mol. The summed E-state index contributed by atoms with van der Waals surface area (Å²) < 4.78 is 13.3. The van der Waals surface area contributed by atoms with Crippen LogP contribution in [0.3, 0.4) is 0 Å². The fourth-order valence-electron chi connectivity index (χ4n) is 2.81. The first kappa shape index (κ1) is 16.4. The van der Waals surface area contributed by atoms with Crippen molar-refractivity contribution in [3.8, 4) is 0 Å². The first-order valence-corrected chi connectivity index (χ1v) is 7.43. The molecule has 1 aliphatic rings. The van der Waals surface area contributed by atoms with Gasteiger partial charge in [-0.1, -0.05) is 6.92 Å². The molecule has 0 spiro atoms. The summed E-state index contributed by atoms with van der Waals surface area (Å²) in [5, 5.41) is 11.7. The van der Waals surface area contributed by atoms with Crippen LogP contribution < -0.4 is 5.32 Å². The van der Waals surface area contributed by atoms with Gasteiger partial charge in [0.05, 0.1) is 6.54 Å². The van der Waals surface area contributed by atoms with E-state index in [4.69, 9.17) is 5.11 Å². The van der Waals surface area contributed by atoms with E-state index in [0.717, 1.165) is 12.8 Å². The van der Waals surface area contributed by atoms with Crippen LogP contribution in [0.1, 0.15) is 35.7 Å². The molecule has 0 unspecified atom stereocenters. The Bertz CT molecular complexity index is 550. The second-order valence-corrected chi connectivity index (χ2v) is 5.77. The maximum absolute atomic E-state index is 13.3. The van der Waals surface area contributed by atoms with Crippen molar-refractivity contribution in [3.05, 3.63) is 35.1 Å². The summed E-state index contributed by atoms with van der Waals surface area (Å²) in [6, 6.07) is 4.45. The number of carboxylic acids is 1. The summed E-state index contributed by atoms with van der Waals surface area (Å²) in [6.07, 6.45) is 1.45. The van der Waals surface area contributed by atoms with Crippen molar-refractivity contribution in [1.29, 1.82) is 0 Å². The predicted octanol–water partition coefficient (Wildman–Crippen LogP) is 1.80. The quantitative estimate of drug-likeness (QED) is 0.841. The van der Waals surface area contributed by atoms with Gasteiger partial charge in [-0.2, -0.15) is 0 Å². The molecular formula is C16H21FN2O3. The Morgan fingerprint density at radius 2 is 2.05 bits per heavy atom. The van der Waals surface area contributed by atoms with Crippen LogP contribution in [0.2, 0.25) is 0 Å². The summed E-state index contributed by atoms with van der Waals surface area (Å²) in [7, 11) is 0. The lowest BCUT2D eigenvalue weighted by molar-refractivity contribution is -0.139. The standard InChI is InChI=1S/C16H21FN2O3/c1-3-19(9-15(20)21)14-7-13(8-14)18-16(22)11-4-10(2)5-12(17)6-11/h4-6,13-14H,3,7-9H2,1-2H3,(H,18,22)(H,20,21). The third kappa shape index (κ3) is 4.04. The van der Waals surface area contributed by atoms with Crippen LogP contribution in [0.5, 0.6) is 0 Å². The number of carbonyl (C=O) groups excluding carboxylic acids is 1. The maximum Gasteiger partial charge on any atom is 0.317 e. The van der Waals surface area contributed by atoms with Crippen LogP contribution in [0.25, 0.3) is 0 Å². The van der Waals surface area contributed by atoms with Crippen molar-refractivity contribution in [2.75, 3.05) is 13.1 Å². The zero-order valence-corrected chi connectivity index (χ0v) is 12.8. The van der Waals surface area contributed by atoms with Gasteiger partial charge in [-0.25, -0.2) is 4.39 Å². The molecule has 0 atom stereocenters. The van der Waals surface area contributed by atoms with Crippen molar-refractivity contribution in [1.82, 2.24) is 10.2 Å². The number of likely N-dealkylation sites (N-methyl/N-ethyl adjacent to an activating group) is 1. The molecule has 6 heteroatoms. The molecule has 0 saturated heterocycles. The van der Waals surface area contributed by atoms with Gasteiger partial charge >= 0.3 is 5.97 Å². The lowest BCUT2D eigenvalue weighted by Gasteiger charge is -2.42. The fourth-order valence-corrected chi connectivity index (χ4v) is 2.81. The lowest BCUT2D eigenvalue weighted by Crippen LogP contribution is -2.54. The molecule has 1 aliphatic carbocycles. The average Bonchev–Trinajstić information content (AvgIpc) is 2.38. The topological polar surface area (TPSA) is 69.6 Å². The minimum absolute atomic E-state index is 0.0175. The van der Waals surface area contributed by atoms with Crippen LogP contribution >= 0.6 is 0 Å². The van der Waals surface area contributed by atoms with Crippen molar-refractivity contribution >= 4 is 11.9 Å². The van der Waals surface area contributed by atoms with Crippen molar-refractivity contribution in [2.45, 2.75) is 38.8 Å². The second-order valence-electron chi connectivity index (χ2n) is 5.77. The molecule has 1 amide bonds. The normalized spacial score (nSPS) is 20.5. The van der Waals surface area contributed by atoms with Crippen LogP contribution in [0, 0.1) is 12.7 Å². The Hall–Kier alpha value is -1.95. The Labute approximate surface area is 129 Å². The molecule has 2 rings (SSSR count). The van der Waals surface area contributed by atoms with Gasteiger partial charge in [0.1, 0.15) is 5.82 Å². The number of amides is 1. The fraction of sp³-hybridized carbons (Fsp3) is 0.500. The summed E-state index contributed by atoms with van der Waals surface area (Å²) in [5.74, 6) is -1.55. The third-order valence-corrected chi connectivity index (χ3v) is 4.01. The molecule has 0 radical (unpaired) electrons. The summed E-state index contributed by atoms with van der Waals surface area (Å²) in [5.41, 5.74) is 1.02. The van der Waals surface area contributed by atoms with Crippen LogP contribution in [-0.2, 0) is 4.79 Å². The monoisotopic (exact) mass is 308 g/mol. The number of nitrogens with one attached hydrogen (secondary N) is 1. The molecule has 22 heavy (non-hydrogen) atoms. The molecular weight excluding hydrogens is 287 g/mol. The smallest absolute Gasteiger partial charge is 0.317 e. The maximum atomic E-state index is 13.3. The molecule has 0 aliphatic heterocycles. The number of rotatable bonds is 6. The van der Waals surface area contributed by atoms with Gasteiger partial charge in [-0.05, 0) is 50.1 Å². The molecule has 0 heterocycles. The van der Waals surface area contributed by atoms with E-state index in [9.17, 15) is 14.0 Å². The molecule has 1 fully saturated rings. The van der Waals surface area contributed by atoms with E-state index in [-0.39, 0.29) is 24.5 Å². The summed E-state index contributed by atoms with van der Waals surface area (Å²) in [4.78, 5) is 24.8. The molecule has 1 aromatic rings. The first-order valence-electron chi connectivity index (χ1n) is 7.43. The Morgan fingerprint density at radius 3 is 2.59 bits per heavy atom. The Morgan fingerprint density at radius 1 is 1.36 bits per heavy atom. The number of aliphatic carboxylic acids is 1. The van der Waals surface area contributed by atoms with Crippen molar-refractivity contribution in [3.63, 3.8) is 0 Å². The van der Waals surface area contributed by atoms with Gasteiger partial charge in [0.25, 0.3) is 5.91 Å². The number of aryl methyl sites for hydroxylation is 1. The molecule has 0 bridgehead atoms. The van der Waals surface area contributed by atoms with E-state index < -0.39 is 11.8 Å². The third-order valence-electron chi connectivity index (χ3n) is 4.01. The van der Waals surface area contributed by atoms with Crippen LogP contribution in [0.15, 0.2) is 18.2 Å². The van der Waals surface area contributed by atoms with Gasteiger partial charge in [-0.3, -0.25) is 14.5 Å². The SMILES string of the molecule is CCN(CC(=O)O)C1CC(NC(=O)c2cc(C)cc(F)c2)C1. The number of carbonyl (C=O) groups is 2. The highest BCUT2D eigenvalue weighted by molar-refractivity contribution is 5.94. The van der Waals surface area contributed by atoms with E-state index in [1.165, 1.54) is 12.1 Å². The van der Waals surface area contributed by atoms with E-state index in [1.54, 1.807) is 13.0 Å². The largest absolute Gasteiger partial charge is 0.480 e. The van der Waals surface area contributed by atoms with Crippen molar-refractivity contribution in [2.24, 2.45) is 0 Å². The number of hydrogen-bond acceptors (Lipinski definition) is 3. The zero-order valence-electron chi connectivity index (χ0n) is 12.8. The van der Waals surface area contributed by atoms with Gasteiger partial charge in [0.2, 0.25) is 0 Å². The highest BCUT2D eigenvalue weighted by Gasteiger charge is 2.34. The van der Waals surface area contributed by atoms with Crippen LogP contribution in [-0.4, -0.2) is 47.1 Å². The molecule has 2 N–H and O–H groups in total. The van der Waals surface area contributed by atoms with E-state index in [0.29, 0.717) is 17.7 Å². The number of hydrogen-bond donors (Lipinski definition) is 2. The lowest BCUT2D eigenvalue weighted by atomic mass is 9.85. The molecule has 1 saturated carbocycles. The van der Waals surface area contributed by atoms with E-state index in [2.05, 4.69) is 5.32 Å². The van der Waals surface area contributed by atoms with Gasteiger partial charge < -0.3 is 10.4 Å². The number of carboxylic acid groups (broad SMARTS) is 1. The van der Waals surface area contributed by atoms with Gasteiger partial charge in [0, 0.05) is 17.6 Å². The number of nitrogens with zero attached hydrogens (tertiary/aromatic N) is 1. The minimum Gasteiger partial charge on any atom is -0.480 e. The summed E-state index contributed by atoms with van der Waals surface area (Å²) in [6.45, 7) is 4.35. The highest BCUT2D eigenvalue weighted by atomic mass is 19.1. The highest BCUT2D eigenvalue weighted by Crippen LogP contribution is 2.26. The molecule has 1 aromatic carbocycles. The average molecular weight is 308 g/mol.